The minimum atomic E-state index is -0.717. The minimum absolute atomic E-state index is 0.0264. The number of hydrazine groups is 1. The molecule has 0 aliphatic rings. The van der Waals surface area contributed by atoms with E-state index in [4.69, 9.17) is 5.84 Å². The van der Waals surface area contributed by atoms with Gasteiger partial charge in [0, 0.05) is 30.3 Å². The highest BCUT2D eigenvalue weighted by atomic mass is 16.6. The third kappa shape index (κ3) is 2.48. The summed E-state index contributed by atoms with van der Waals surface area (Å²) in [5.74, 6) is 4.88. The summed E-state index contributed by atoms with van der Waals surface area (Å²) in [5, 5.41) is 11.7. The van der Waals surface area contributed by atoms with E-state index in [0.29, 0.717) is 6.54 Å². The number of nitrogens with two attached hydrogens (primary N) is 1. The Balaban J connectivity index is 2.42. The summed E-state index contributed by atoms with van der Waals surface area (Å²) in [6.07, 6.45) is 1.81. The van der Waals surface area contributed by atoms with Crippen molar-refractivity contribution in [2.24, 2.45) is 11.3 Å². The summed E-state index contributed by atoms with van der Waals surface area (Å²) in [4.78, 5) is 22.1. The van der Waals surface area contributed by atoms with Gasteiger partial charge in [-0.15, -0.1) is 0 Å². The van der Waals surface area contributed by atoms with Crippen molar-refractivity contribution in [2.45, 2.75) is 20.4 Å². The molecule has 0 atom stereocenters. The van der Waals surface area contributed by atoms with Crippen molar-refractivity contribution >= 4 is 22.5 Å². The number of nitrogens with zero attached hydrogens (tertiary/aromatic N) is 2. The predicted molar refractivity (Wildman–Crippen MR) is 74.7 cm³/mol. The third-order valence-corrected chi connectivity index (χ3v) is 3.28. The Hall–Kier alpha value is -2.41. The maximum Gasteiger partial charge on any atom is 0.271 e. The van der Waals surface area contributed by atoms with Crippen LogP contribution in [0.2, 0.25) is 0 Å². The van der Waals surface area contributed by atoms with Crippen LogP contribution >= 0.6 is 0 Å². The van der Waals surface area contributed by atoms with E-state index >= 15 is 0 Å². The molecule has 0 bridgehead atoms. The third-order valence-electron chi connectivity index (χ3n) is 3.28. The van der Waals surface area contributed by atoms with Gasteiger partial charge in [-0.05, 0) is 26.0 Å². The van der Waals surface area contributed by atoms with Gasteiger partial charge in [-0.2, -0.15) is 0 Å². The van der Waals surface area contributed by atoms with Gasteiger partial charge in [0.25, 0.3) is 5.69 Å². The summed E-state index contributed by atoms with van der Waals surface area (Å²) in [6.45, 7) is 3.90. The Labute approximate surface area is 115 Å². The molecule has 1 aromatic carbocycles. The van der Waals surface area contributed by atoms with Gasteiger partial charge in [-0.25, -0.2) is 5.84 Å². The van der Waals surface area contributed by atoms with Crippen LogP contribution in [-0.2, 0) is 11.3 Å². The van der Waals surface area contributed by atoms with E-state index in [1.165, 1.54) is 12.1 Å². The first-order valence-corrected chi connectivity index (χ1v) is 6.09. The average molecular weight is 276 g/mol. The molecule has 0 aliphatic heterocycles. The summed E-state index contributed by atoms with van der Waals surface area (Å²) in [5.41, 5.74) is 2.16. The number of carbonyl (C=O) groups excluding carboxylic acids is 1. The lowest BCUT2D eigenvalue weighted by molar-refractivity contribution is -0.384. The van der Waals surface area contributed by atoms with Crippen LogP contribution < -0.4 is 11.3 Å². The minimum Gasteiger partial charge on any atom is -0.346 e. The molecule has 0 spiro atoms. The topological polar surface area (TPSA) is 103 Å². The van der Waals surface area contributed by atoms with Gasteiger partial charge in [0.05, 0.1) is 15.9 Å². The molecule has 20 heavy (non-hydrogen) atoms. The van der Waals surface area contributed by atoms with Crippen LogP contribution in [0.1, 0.15) is 13.8 Å². The molecular formula is C13H16N4O3. The van der Waals surface area contributed by atoms with Gasteiger partial charge in [-0.1, -0.05) is 0 Å². The van der Waals surface area contributed by atoms with Crippen LogP contribution in [0.15, 0.2) is 30.5 Å². The molecule has 2 aromatic rings. The van der Waals surface area contributed by atoms with Crippen LogP contribution in [0.5, 0.6) is 0 Å². The fraction of sp³-hybridized carbons (Fsp3) is 0.308. The summed E-state index contributed by atoms with van der Waals surface area (Å²) >= 11 is 0. The van der Waals surface area contributed by atoms with Gasteiger partial charge in [0.2, 0.25) is 5.91 Å². The lowest BCUT2D eigenvalue weighted by atomic mass is 9.92. The summed E-state index contributed by atoms with van der Waals surface area (Å²) in [7, 11) is 0. The van der Waals surface area contributed by atoms with Crippen molar-refractivity contribution in [3.63, 3.8) is 0 Å². The van der Waals surface area contributed by atoms with Crippen molar-refractivity contribution in [1.29, 1.82) is 0 Å². The van der Waals surface area contributed by atoms with Crippen LogP contribution in [0.3, 0.4) is 0 Å². The maximum absolute atomic E-state index is 11.7. The molecule has 7 nitrogen and oxygen atoms in total. The summed E-state index contributed by atoms with van der Waals surface area (Å²) in [6, 6.07) is 6.52. The number of amides is 1. The first-order valence-electron chi connectivity index (χ1n) is 6.09. The molecule has 0 saturated heterocycles. The Bertz CT molecular complexity index is 675. The van der Waals surface area contributed by atoms with Crippen molar-refractivity contribution in [3.8, 4) is 0 Å². The van der Waals surface area contributed by atoms with Gasteiger partial charge >= 0.3 is 0 Å². The van der Waals surface area contributed by atoms with E-state index in [1.807, 2.05) is 10.6 Å². The molecule has 0 fully saturated rings. The van der Waals surface area contributed by atoms with Gasteiger partial charge in [0.15, 0.2) is 0 Å². The van der Waals surface area contributed by atoms with E-state index < -0.39 is 10.3 Å². The lowest BCUT2D eigenvalue weighted by Gasteiger charge is -2.23. The van der Waals surface area contributed by atoms with Crippen LogP contribution in [0.25, 0.3) is 10.9 Å². The number of non-ortho nitro benzene ring substituents is 1. The standard InChI is InChI=1S/C13H16N4O3/c1-13(2,12(18)15-14)8-16-6-5-9-3-4-10(17(19)20)7-11(9)16/h3-7H,8,14H2,1-2H3,(H,15,18). The number of carbonyl (C=O) groups is 1. The van der Waals surface area contributed by atoms with E-state index in [0.717, 1.165) is 10.9 Å². The van der Waals surface area contributed by atoms with Crippen LogP contribution in [-0.4, -0.2) is 15.4 Å². The van der Waals surface area contributed by atoms with Crippen molar-refractivity contribution in [1.82, 2.24) is 9.99 Å². The highest BCUT2D eigenvalue weighted by molar-refractivity contribution is 5.84. The first-order chi connectivity index (χ1) is 9.35. The predicted octanol–water partition coefficient (Wildman–Crippen LogP) is 1.57. The van der Waals surface area contributed by atoms with E-state index in [1.54, 1.807) is 26.1 Å². The molecule has 106 valence electrons. The zero-order valence-electron chi connectivity index (χ0n) is 11.3. The van der Waals surface area contributed by atoms with E-state index in [9.17, 15) is 14.9 Å². The number of aromatic nitrogens is 1. The van der Waals surface area contributed by atoms with E-state index in [2.05, 4.69) is 5.43 Å². The lowest BCUT2D eigenvalue weighted by Crippen LogP contribution is -2.43. The molecule has 1 amide bonds. The van der Waals surface area contributed by atoms with Crippen LogP contribution in [0, 0.1) is 15.5 Å². The highest BCUT2D eigenvalue weighted by Crippen LogP contribution is 2.26. The summed E-state index contributed by atoms with van der Waals surface area (Å²) < 4.78 is 1.82. The second kappa shape index (κ2) is 4.93. The van der Waals surface area contributed by atoms with Crippen molar-refractivity contribution in [3.05, 3.63) is 40.6 Å². The number of fused-ring (bicyclic) bond motifs is 1. The molecule has 0 radical (unpaired) electrons. The number of rotatable bonds is 4. The number of benzene rings is 1. The van der Waals surface area contributed by atoms with E-state index in [-0.39, 0.29) is 11.6 Å². The zero-order valence-corrected chi connectivity index (χ0v) is 11.3. The molecule has 7 heteroatoms. The SMILES string of the molecule is CC(C)(Cn1ccc2ccc([N+](=O)[O-])cc21)C(=O)NN. The molecule has 1 heterocycles. The van der Waals surface area contributed by atoms with Crippen molar-refractivity contribution in [2.75, 3.05) is 0 Å². The van der Waals surface area contributed by atoms with Gasteiger partial charge in [-0.3, -0.25) is 20.3 Å². The second-order valence-corrected chi connectivity index (χ2v) is 5.30. The number of nitro groups is 1. The molecule has 0 saturated carbocycles. The smallest absolute Gasteiger partial charge is 0.271 e. The first kappa shape index (κ1) is 14.0. The fourth-order valence-corrected chi connectivity index (χ4v) is 2.12. The zero-order chi connectivity index (χ0) is 14.9. The van der Waals surface area contributed by atoms with Crippen molar-refractivity contribution < 1.29 is 9.72 Å². The molecule has 0 aliphatic carbocycles. The number of hydrogen-bond acceptors (Lipinski definition) is 4. The quantitative estimate of drug-likeness (QED) is 0.383. The Kier molecular flexibility index (Phi) is 3.46. The number of nitro benzene ring substituents is 1. The molecule has 1 aromatic heterocycles. The fourth-order valence-electron chi connectivity index (χ4n) is 2.12. The highest BCUT2D eigenvalue weighted by Gasteiger charge is 2.28. The number of nitrogens with one attached hydrogen (secondary N) is 1. The van der Waals surface area contributed by atoms with Gasteiger partial charge < -0.3 is 4.57 Å². The Morgan fingerprint density at radius 2 is 2.15 bits per heavy atom. The Morgan fingerprint density at radius 3 is 2.75 bits per heavy atom. The monoisotopic (exact) mass is 276 g/mol. The molecule has 0 unspecified atom stereocenters. The largest absolute Gasteiger partial charge is 0.346 e. The maximum atomic E-state index is 11.7. The second-order valence-electron chi connectivity index (χ2n) is 5.30. The average Bonchev–Trinajstić information content (AvgIpc) is 2.79. The molecule has 2 rings (SSSR count). The van der Waals surface area contributed by atoms with Crippen LogP contribution in [0.4, 0.5) is 5.69 Å². The normalized spacial score (nSPS) is 11.6. The number of hydrogen-bond donors (Lipinski definition) is 2. The Morgan fingerprint density at radius 1 is 1.45 bits per heavy atom. The molecule has 3 N–H and O–H groups in total. The molecular weight excluding hydrogens is 260 g/mol. The van der Waals surface area contributed by atoms with Gasteiger partial charge in [0.1, 0.15) is 0 Å².